The first-order chi connectivity index (χ1) is 6.70. The highest BCUT2D eigenvalue weighted by molar-refractivity contribution is 6.02. The molecule has 3 nitrogen and oxygen atoms in total. The van der Waals surface area contributed by atoms with Gasteiger partial charge in [0.1, 0.15) is 0 Å². The molecule has 0 aromatic rings. The van der Waals surface area contributed by atoms with Crippen LogP contribution in [0.4, 0.5) is 0 Å². The summed E-state index contributed by atoms with van der Waals surface area (Å²) in [4.78, 5) is 11.2. The van der Waals surface area contributed by atoms with E-state index in [0.29, 0.717) is 17.8 Å². The maximum atomic E-state index is 11.2. The lowest BCUT2D eigenvalue weighted by atomic mass is 10.1. The second-order valence-corrected chi connectivity index (χ2v) is 2.53. The Balaban J connectivity index is 0.000000791. The zero-order valence-electron chi connectivity index (χ0n) is 9.05. The van der Waals surface area contributed by atoms with Crippen LogP contribution in [0.25, 0.3) is 0 Å². The summed E-state index contributed by atoms with van der Waals surface area (Å²) in [6, 6.07) is 0. The highest BCUT2D eigenvalue weighted by Gasteiger charge is 2.23. The van der Waals surface area contributed by atoms with E-state index in [1.807, 2.05) is 26.8 Å². The summed E-state index contributed by atoms with van der Waals surface area (Å²) < 4.78 is 0. The van der Waals surface area contributed by atoms with Gasteiger partial charge in [0.15, 0.2) is 0 Å². The van der Waals surface area contributed by atoms with Crippen molar-refractivity contribution in [3.05, 3.63) is 35.6 Å². The highest BCUT2D eigenvalue weighted by atomic mass is 16.2. The lowest BCUT2D eigenvalue weighted by Gasteiger charge is -1.98. The molecule has 1 aliphatic rings. The van der Waals surface area contributed by atoms with E-state index in [4.69, 9.17) is 5.73 Å². The van der Waals surface area contributed by atoms with Crippen molar-refractivity contribution in [3.8, 4) is 0 Å². The van der Waals surface area contributed by atoms with Gasteiger partial charge in [0, 0.05) is 12.2 Å². The Morgan fingerprint density at radius 1 is 1.57 bits per heavy atom. The lowest BCUT2D eigenvalue weighted by molar-refractivity contribution is -0.116. The molecule has 0 aromatic heterocycles. The molecule has 3 N–H and O–H groups in total. The van der Waals surface area contributed by atoms with Crippen LogP contribution in [0.3, 0.4) is 0 Å². The van der Waals surface area contributed by atoms with Crippen molar-refractivity contribution in [1.29, 1.82) is 0 Å². The van der Waals surface area contributed by atoms with Gasteiger partial charge in [0.25, 0.3) is 5.91 Å². The second-order valence-electron chi connectivity index (χ2n) is 2.53. The molecule has 1 aliphatic heterocycles. The Kier molecular flexibility index (Phi) is 5.37. The Hall–Kier alpha value is -1.51. The lowest BCUT2D eigenvalue weighted by Crippen LogP contribution is -2.16. The molecule has 0 atom stereocenters. The molecule has 0 saturated carbocycles. The number of carbonyl (C=O) groups excluding carboxylic acids is 1. The van der Waals surface area contributed by atoms with E-state index < -0.39 is 0 Å². The summed E-state index contributed by atoms with van der Waals surface area (Å²) in [5.74, 6) is -0.111. The third-order valence-corrected chi connectivity index (χ3v) is 1.84. The predicted molar refractivity (Wildman–Crippen MR) is 59.5 cm³/mol. The molecule has 1 amide bonds. The minimum Gasteiger partial charge on any atom is -0.398 e. The van der Waals surface area contributed by atoms with Gasteiger partial charge in [-0.15, -0.1) is 0 Å². The van der Waals surface area contributed by atoms with Crippen LogP contribution >= 0.6 is 0 Å². The zero-order valence-corrected chi connectivity index (χ0v) is 9.05. The van der Waals surface area contributed by atoms with Gasteiger partial charge < -0.3 is 11.1 Å². The first-order valence-corrected chi connectivity index (χ1v) is 4.76. The quantitative estimate of drug-likeness (QED) is 0.621. The van der Waals surface area contributed by atoms with Gasteiger partial charge in [-0.25, -0.2) is 0 Å². The number of nitrogens with two attached hydrogens (primary N) is 1. The van der Waals surface area contributed by atoms with Crippen LogP contribution in [0.2, 0.25) is 0 Å². The van der Waals surface area contributed by atoms with Crippen molar-refractivity contribution in [1.82, 2.24) is 5.32 Å². The van der Waals surface area contributed by atoms with Crippen molar-refractivity contribution in [2.45, 2.75) is 20.8 Å². The summed E-state index contributed by atoms with van der Waals surface area (Å²) >= 11 is 0. The Labute approximate surface area is 85.4 Å². The number of amides is 1. The maximum absolute atomic E-state index is 11.2. The highest BCUT2D eigenvalue weighted by Crippen LogP contribution is 2.17. The number of hydrogen-bond donors (Lipinski definition) is 2. The summed E-state index contributed by atoms with van der Waals surface area (Å²) in [6.45, 7) is 9.97. The molecular formula is C11H18N2O. The van der Waals surface area contributed by atoms with E-state index in [1.165, 1.54) is 6.08 Å². The number of carbonyl (C=O) groups is 1. The minimum atomic E-state index is -0.111. The molecular weight excluding hydrogens is 176 g/mol. The first kappa shape index (κ1) is 12.5. The molecule has 78 valence electrons. The molecule has 0 aliphatic carbocycles. The van der Waals surface area contributed by atoms with Crippen molar-refractivity contribution in [2.24, 2.45) is 5.73 Å². The predicted octanol–water partition coefficient (Wildman–Crippen LogP) is 1.49. The SMILES string of the molecule is C=C/C(N)=C1/C(=O)NC/C1=C/C.CC. The van der Waals surface area contributed by atoms with Crippen molar-refractivity contribution in [3.63, 3.8) is 0 Å². The molecule has 0 aromatic carbocycles. The number of hydrogen-bond acceptors (Lipinski definition) is 2. The topological polar surface area (TPSA) is 55.1 Å². The van der Waals surface area contributed by atoms with E-state index in [0.717, 1.165) is 5.57 Å². The van der Waals surface area contributed by atoms with Crippen LogP contribution < -0.4 is 11.1 Å². The van der Waals surface area contributed by atoms with Gasteiger partial charge in [-0.2, -0.15) is 0 Å². The standard InChI is InChI=1S/C9H12N2O.C2H6/c1-3-6-5-11-9(12)8(6)7(10)4-2;1-2/h3-4H,2,5,10H2,1H3,(H,11,12);1-2H3/b6-3-,8-7-;. The average Bonchev–Trinajstić information content (AvgIpc) is 2.61. The summed E-state index contributed by atoms with van der Waals surface area (Å²) in [5.41, 5.74) is 7.54. The van der Waals surface area contributed by atoms with Crippen LogP contribution in [0.5, 0.6) is 0 Å². The molecule has 3 heteroatoms. The third-order valence-electron chi connectivity index (χ3n) is 1.84. The van der Waals surface area contributed by atoms with E-state index in [9.17, 15) is 4.79 Å². The molecule has 0 radical (unpaired) electrons. The van der Waals surface area contributed by atoms with Crippen molar-refractivity contribution >= 4 is 5.91 Å². The Morgan fingerprint density at radius 2 is 2.14 bits per heavy atom. The van der Waals surface area contributed by atoms with Crippen LogP contribution in [0.1, 0.15) is 20.8 Å². The molecule has 1 saturated heterocycles. The molecule has 1 fully saturated rings. The Bertz CT molecular complexity index is 288. The molecule has 1 heterocycles. The number of nitrogens with one attached hydrogen (secondary N) is 1. The van der Waals surface area contributed by atoms with E-state index in [2.05, 4.69) is 11.9 Å². The number of allylic oxidation sites excluding steroid dienone is 2. The second kappa shape index (κ2) is 6.02. The fourth-order valence-electron chi connectivity index (χ4n) is 1.16. The summed E-state index contributed by atoms with van der Waals surface area (Å²) in [5, 5.41) is 2.69. The van der Waals surface area contributed by atoms with Crippen molar-refractivity contribution in [2.75, 3.05) is 6.54 Å². The normalized spacial score (nSPS) is 21.1. The van der Waals surface area contributed by atoms with Gasteiger partial charge >= 0.3 is 0 Å². The van der Waals surface area contributed by atoms with E-state index >= 15 is 0 Å². The molecule has 1 rings (SSSR count). The monoisotopic (exact) mass is 194 g/mol. The molecule has 14 heavy (non-hydrogen) atoms. The fourth-order valence-corrected chi connectivity index (χ4v) is 1.16. The van der Waals surface area contributed by atoms with E-state index in [-0.39, 0.29) is 5.91 Å². The molecule has 0 unspecified atom stereocenters. The number of rotatable bonds is 1. The van der Waals surface area contributed by atoms with E-state index in [1.54, 1.807) is 0 Å². The third kappa shape index (κ3) is 2.49. The van der Waals surface area contributed by atoms with Gasteiger partial charge in [0.2, 0.25) is 0 Å². The van der Waals surface area contributed by atoms with Gasteiger partial charge in [-0.1, -0.05) is 26.5 Å². The first-order valence-electron chi connectivity index (χ1n) is 4.76. The van der Waals surface area contributed by atoms with Crippen LogP contribution in [0.15, 0.2) is 35.6 Å². The summed E-state index contributed by atoms with van der Waals surface area (Å²) in [6.07, 6.45) is 3.37. The fraction of sp³-hybridized carbons (Fsp3) is 0.364. The summed E-state index contributed by atoms with van der Waals surface area (Å²) in [7, 11) is 0. The average molecular weight is 194 g/mol. The minimum absolute atomic E-state index is 0.111. The maximum Gasteiger partial charge on any atom is 0.253 e. The zero-order chi connectivity index (χ0) is 11.1. The smallest absolute Gasteiger partial charge is 0.253 e. The molecule has 0 bridgehead atoms. The molecule has 0 spiro atoms. The van der Waals surface area contributed by atoms with Crippen molar-refractivity contribution < 1.29 is 4.79 Å². The van der Waals surface area contributed by atoms with Crippen LogP contribution in [-0.2, 0) is 4.79 Å². The van der Waals surface area contributed by atoms with Gasteiger partial charge in [-0.05, 0) is 18.6 Å². The van der Waals surface area contributed by atoms with Gasteiger partial charge in [-0.3, -0.25) is 4.79 Å². The Morgan fingerprint density at radius 3 is 2.57 bits per heavy atom. The largest absolute Gasteiger partial charge is 0.398 e. The van der Waals surface area contributed by atoms with Gasteiger partial charge in [0.05, 0.1) is 5.57 Å². The van der Waals surface area contributed by atoms with Crippen LogP contribution in [0, 0.1) is 0 Å². The van der Waals surface area contributed by atoms with Crippen LogP contribution in [-0.4, -0.2) is 12.5 Å².